The largest absolute Gasteiger partial charge is 0.462 e. The number of rotatable bonds is 4. The van der Waals surface area contributed by atoms with Crippen molar-refractivity contribution in [1.29, 1.82) is 0 Å². The van der Waals surface area contributed by atoms with Crippen molar-refractivity contribution in [2.75, 3.05) is 0 Å². The maximum absolute atomic E-state index is 12.3. The molecule has 2 unspecified atom stereocenters. The molecule has 0 heterocycles. The van der Waals surface area contributed by atoms with E-state index in [1.807, 2.05) is 66.7 Å². The van der Waals surface area contributed by atoms with Crippen molar-refractivity contribution in [2.45, 2.75) is 44.8 Å². The third-order valence-electron chi connectivity index (χ3n) is 4.81. The Morgan fingerprint density at radius 2 is 1.38 bits per heavy atom. The lowest BCUT2D eigenvalue weighted by Crippen LogP contribution is -2.23. The molecule has 0 radical (unpaired) electrons. The normalized spacial score (nSPS) is 20.4. The Bertz CT molecular complexity index is 883. The lowest BCUT2D eigenvalue weighted by Gasteiger charge is -2.22. The first-order valence-electron chi connectivity index (χ1n) is 9.93. The third kappa shape index (κ3) is 6.75. The molecule has 3 rings (SSSR count). The van der Waals surface area contributed by atoms with E-state index in [2.05, 4.69) is 0 Å². The maximum atomic E-state index is 12.3. The Hall–Kier alpha value is -3.14. The van der Waals surface area contributed by atoms with Crippen molar-refractivity contribution in [2.24, 2.45) is 0 Å². The second-order valence-corrected chi connectivity index (χ2v) is 7.15. The molecule has 1 aliphatic rings. The summed E-state index contributed by atoms with van der Waals surface area (Å²) in [6.07, 6.45) is 9.34. The van der Waals surface area contributed by atoms with Gasteiger partial charge in [-0.25, -0.2) is 4.79 Å². The molecule has 4 heteroatoms. The van der Waals surface area contributed by atoms with Gasteiger partial charge in [0.05, 0.1) is 0 Å². The van der Waals surface area contributed by atoms with Crippen molar-refractivity contribution in [3.63, 3.8) is 0 Å². The highest BCUT2D eigenvalue weighted by Crippen LogP contribution is 2.21. The fourth-order valence-electron chi connectivity index (χ4n) is 3.46. The molecular formula is C25H26O4. The van der Waals surface area contributed by atoms with E-state index in [9.17, 15) is 9.59 Å². The Balaban J connectivity index is 1.71. The van der Waals surface area contributed by atoms with E-state index in [1.165, 1.54) is 13.0 Å². The molecule has 0 saturated heterocycles. The molecule has 0 N–H and O–H groups in total. The molecule has 0 spiro atoms. The smallest absolute Gasteiger partial charge is 0.331 e. The molecule has 4 nitrogen and oxygen atoms in total. The summed E-state index contributed by atoms with van der Waals surface area (Å²) in [6.45, 7) is 1.44. The number of benzene rings is 2. The minimum atomic E-state index is -0.348. The van der Waals surface area contributed by atoms with E-state index in [0.717, 1.165) is 16.7 Å². The molecule has 0 fully saturated rings. The zero-order valence-corrected chi connectivity index (χ0v) is 16.6. The highest BCUT2D eigenvalue weighted by atomic mass is 16.5. The molecule has 0 amide bonds. The van der Waals surface area contributed by atoms with Gasteiger partial charge < -0.3 is 9.47 Å². The number of ether oxygens (including phenoxy) is 2. The standard InChI is InChI=1S/C25H26O4/c1-19(26)28-23-13-7-8-14-24(18-22-12-6-5-11-21(22)17-23)29-25(27)16-15-20-9-3-2-4-10-20/h2-12,15-16,23-24H,13-14,17-18H2,1H3/b8-7-,16-15+. The van der Waals surface area contributed by atoms with Gasteiger partial charge in [-0.1, -0.05) is 66.7 Å². The average Bonchev–Trinajstić information content (AvgIpc) is 2.71. The van der Waals surface area contributed by atoms with Crippen LogP contribution in [-0.2, 0) is 31.9 Å². The summed E-state index contributed by atoms with van der Waals surface area (Å²) in [5, 5.41) is 0. The van der Waals surface area contributed by atoms with Crippen LogP contribution in [0.25, 0.3) is 6.08 Å². The molecule has 0 aromatic heterocycles. The summed E-state index contributed by atoms with van der Waals surface area (Å²) in [5.74, 6) is -0.616. The minimum absolute atomic E-state index is 0.183. The fraction of sp³-hybridized carbons (Fsp3) is 0.280. The SMILES string of the molecule is CC(=O)OC1C/C=C\CC(OC(=O)/C=C/c2ccccc2)Cc2ccccc2C1. The van der Waals surface area contributed by atoms with E-state index in [-0.39, 0.29) is 24.1 Å². The zero-order valence-electron chi connectivity index (χ0n) is 16.6. The Kier molecular flexibility index (Phi) is 7.40. The van der Waals surface area contributed by atoms with E-state index < -0.39 is 0 Å². The van der Waals surface area contributed by atoms with Gasteiger partial charge in [-0.2, -0.15) is 0 Å². The summed E-state index contributed by atoms with van der Waals surface area (Å²) in [7, 11) is 0. The summed E-state index contributed by atoms with van der Waals surface area (Å²) >= 11 is 0. The number of hydrogen-bond donors (Lipinski definition) is 0. The predicted octanol–water partition coefficient (Wildman–Crippen LogP) is 4.68. The van der Waals surface area contributed by atoms with E-state index in [0.29, 0.717) is 25.7 Å². The maximum Gasteiger partial charge on any atom is 0.331 e. The number of carbonyl (C=O) groups is 2. The molecular weight excluding hydrogens is 364 g/mol. The van der Waals surface area contributed by atoms with Crippen molar-refractivity contribution < 1.29 is 19.1 Å². The van der Waals surface area contributed by atoms with Crippen molar-refractivity contribution >= 4 is 18.0 Å². The molecule has 0 saturated carbocycles. The Morgan fingerprint density at radius 3 is 1.97 bits per heavy atom. The van der Waals surface area contributed by atoms with Crippen molar-refractivity contribution in [1.82, 2.24) is 0 Å². The van der Waals surface area contributed by atoms with Gasteiger partial charge in [-0.3, -0.25) is 4.79 Å². The van der Waals surface area contributed by atoms with Gasteiger partial charge in [-0.15, -0.1) is 0 Å². The highest BCUT2D eigenvalue weighted by Gasteiger charge is 2.19. The van der Waals surface area contributed by atoms with E-state index in [4.69, 9.17) is 9.47 Å². The fourth-order valence-corrected chi connectivity index (χ4v) is 3.46. The van der Waals surface area contributed by atoms with Crippen molar-refractivity contribution in [3.8, 4) is 0 Å². The van der Waals surface area contributed by atoms with Gasteiger partial charge >= 0.3 is 11.9 Å². The summed E-state index contributed by atoms with van der Waals surface area (Å²) in [6, 6.07) is 17.7. The summed E-state index contributed by atoms with van der Waals surface area (Å²) in [5.41, 5.74) is 3.19. The van der Waals surface area contributed by atoms with Crippen LogP contribution in [0.3, 0.4) is 0 Å². The van der Waals surface area contributed by atoms with Crippen LogP contribution in [-0.4, -0.2) is 24.1 Å². The average molecular weight is 390 g/mol. The first kappa shape index (κ1) is 20.6. The van der Waals surface area contributed by atoms with Gasteiger partial charge in [0, 0.05) is 38.7 Å². The summed E-state index contributed by atoms with van der Waals surface area (Å²) in [4.78, 5) is 23.7. The predicted molar refractivity (Wildman–Crippen MR) is 113 cm³/mol. The van der Waals surface area contributed by atoms with Crippen LogP contribution < -0.4 is 0 Å². The number of carbonyl (C=O) groups excluding carboxylic acids is 2. The topological polar surface area (TPSA) is 52.6 Å². The molecule has 2 aromatic carbocycles. The van der Waals surface area contributed by atoms with Gasteiger partial charge in [0.1, 0.15) is 12.2 Å². The van der Waals surface area contributed by atoms with Crippen LogP contribution in [0, 0.1) is 0 Å². The molecule has 150 valence electrons. The lowest BCUT2D eigenvalue weighted by atomic mass is 9.94. The number of esters is 2. The van der Waals surface area contributed by atoms with Crippen LogP contribution in [0.2, 0.25) is 0 Å². The Morgan fingerprint density at radius 1 is 0.828 bits per heavy atom. The summed E-state index contributed by atoms with van der Waals surface area (Å²) < 4.78 is 11.2. The van der Waals surface area contributed by atoms with Crippen LogP contribution in [0.5, 0.6) is 0 Å². The van der Waals surface area contributed by atoms with Gasteiger partial charge in [0.15, 0.2) is 0 Å². The molecule has 2 aromatic rings. The first-order chi connectivity index (χ1) is 14.1. The zero-order chi connectivity index (χ0) is 20.5. The Labute approximate surface area is 171 Å². The van der Waals surface area contributed by atoms with Crippen LogP contribution >= 0.6 is 0 Å². The lowest BCUT2D eigenvalue weighted by molar-refractivity contribution is -0.146. The van der Waals surface area contributed by atoms with Gasteiger partial charge in [-0.05, 0) is 22.8 Å². The molecule has 1 aliphatic carbocycles. The quantitative estimate of drug-likeness (QED) is 0.432. The van der Waals surface area contributed by atoms with Crippen LogP contribution in [0.15, 0.2) is 72.8 Å². The number of hydrogen-bond acceptors (Lipinski definition) is 4. The highest BCUT2D eigenvalue weighted by molar-refractivity contribution is 5.87. The van der Waals surface area contributed by atoms with Gasteiger partial charge in [0.25, 0.3) is 0 Å². The first-order valence-corrected chi connectivity index (χ1v) is 9.93. The second kappa shape index (κ2) is 10.4. The molecule has 0 aliphatic heterocycles. The second-order valence-electron chi connectivity index (χ2n) is 7.15. The molecule has 0 bridgehead atoms. The van der Waals surface area contributed by atoms with Gasteiger partial charge in [0.2, 0.25) is 0 Å². The van der Waals surface area contributed by atoms with Crippen molar-refractivity contribution in [3.05, 3.63) is 89.5 Å². The molecule has 2 atom stereocenters. The van der Waals surface area contributed by atoms with Crippen LogP contribution in [0.1, 0.15) is 36.5 Å². The van der Waals surface area contributed by atoms with Crippen LogP contribution in [0.4, 0.5) is 0 Å². The van der Waals surface area contributed by atoms with E-state index in [1.54, 1.807) is 6.08 Å². The number of fused-ring (bicyclic) bond motifs is 1. The third-order valence-corrected chi connectivity index (χ3v) is 4.81. The molecule has 29 heavy (non-hydrogen) atoms. The monoisotopic (exact) mass is 390 g/mol. The van der Waals surface area contributed by atoms with E-state index >= 15 is 0 Å². The minimum Gasteiger partial charge on any atom is -0.462 e.